The highest BCUT2D eigenvalue weighted by Crippen LogP contribution is 2.41. The van der Waals surface area contributed by atoms with Crippen LogP contribution < -0.4 is 11.1 Å². The molecule has 0 saturated carbocycles. The van der Waals surface area contributed by atoms with Crippen molar-refractivity contribution in [2.45, 2.75) is 25.3 Å². The van der Waals surface area contributed by atoms with Crippen molar-refractivity contribution >= 4 is 30.2 Å². The molecule has 1 heterocycles. The molecule has 0 aliphatic rings. The number of halogens is 4. The first-order valence-electron chi connectivity index (χ1n) is 8.46. The quantitative estimate of drug-likeness (QED) is 0.405. The van der Waals surface area contributed by atoms with Crippen molar-refractivity contribution in [2.75, 3.05) is 0 Å². The summed E-state index contributed by atoms with van der Waals surface area (Å²) in [4.78, 5) is 44.6. The maximum atomic E-state index is 13.8. The summed E-state index contributed by atoms with van der Waals surface area (Å²) in [6, 6.07) is 7.81. The number of aromatic amines is 1. The SMILES string of the molecule is CC(c1ccc(Cl)cc1)c1cc2c(cc1C(F)(F)F)[nH]c(=O)c(=O)n2CP(=O)(O)O. The summed E-state index contributed by atoms with van der Waals surface area (Å²) in [5, 5.41) is 0.397. The number of hydrogen-bond acceptors (Lipinski definition) is 3. The highest BCUT2D eigenvalue weighted by molar-refractivity contribution is 7.50. The number of fused-ring (bicyclic) bond motifs is 1. The summed E-state index contributed by atoms with van der Waals surface area (Å²) in [5.41, 5.74) is -3.95. The topological polar surface area (TPSA) is 112 Å². The van der Waals surface area contributed by atoms with Crippen LogP contribution in [0.5, 0.6) is 0 Å². The molecule has 0 fully saturated rings. The first-order valence-corrected chi connectivity index (χ1v) is 10.6. The van der Waals surface area contributed by atoms with E-state index in [9.17, 15) is 37.1 Å². The summed E-state index contributed by atoms with van der Waals surface area (Å²) in [6.45, 7) is 1.51. The van der Waals surface area contributed by atoms with Gasteiger partial charge in [0.1, 0.15) is 6.29 Å². The van der Waals surface area contributed by atoms with Gasteiger partial charge in [-0.05, 0) is 35.4 Å². The van der Waals surface area contributed by atoms with E-state index < -0.39 is 42.7 Å². The molecule has 0 amide bonds. The normalized spacial score (nSPS) is 13.6. The molecule has 0 radical (unpaired) electrons. The number of nitrogens with one attached hydrogen (secondary N) is 1. The van der Waals surface area contributed by atoms with E-state index in [1.165, 1.54) is 19.1 Å². The molecular formula is C18H15ClF3N2O5P. The van der Waals surface area contributed by atoms with Crippen LogP contribution in [0.2, 0.25) is 5.02 Å². The molecule has 2 aromatic carbocycles. The van der Waals surface area contributed by atoms with E-state index >= 15 is 0 Å². The fourth-order valence-electron chi connectivity index (χ4n) is 3.19. The fourth-order valence-corrected chi connectivity index (χ4v) is 3.97. The van der Waals surface area contributed by atoms with Gasteiger partial charge >= 0.3 is 24.9 Å². The van der Waals surface area contributed by atoms with Crippen molar-refractivity contribution in [1.82, 2.24) is 9.55 Å². The van der Waals surface area contributed by atoms with Crippen LogP contribution in [0.15, 0.2) is 46.0 Å². The number of hydrogen-bond donors (Lipinski definition) is 3. The third-order valence-electron chi connectivity index (χ3n) is 4.61. The van der Waals surface area contributed by atoms with Gasteiger partial charge in [0.05, 0.1) is 16.6 Å². The number of H-pyrrole nitrogens is 1. The molecule has 160 valence electrons. The van der Waals surface area contributed by atoms with Crippen LogP contribution in [-0.2, 0) is 17.0 Å². The van der Waals surface area contributed by atoms with Gasteiger partial charge < -0.3 is 14.8 Å². The van der Waals surface area contributed by atoms with Gasteiger partial charge in [-0.15, -0.1) is 0 Å². The van der Waals surface area contributed by atoms with E-state index in [1.807, 2.05) is 0 Å². The van der Waals surface area contributed by atoms with Crippen molar-refractivity contribution in [2.24, 2.45) is 0 Å². The Morgan fingerprint density at radius 1 is 1.17 bits per heavy atom. The molecule has 3 rings (SSSR count). The third kappa shape index (κ3) is 4.52. The average Bonchev–Trinajstić information content (AvgIpc) is 2.63. The minimum atomic E-state index is -4.81. The van der Waals surface area contributed by atoms with E-state index in [0.29, 0.717) is 21.2 Å². The molecule has 1 aromatic heterocycles. The maximum Gasteiger partial charge on any atom is 0.416 e. The zero-order valence-electron chi connectivity index (χ0n) is 15.3. The van der Waals surface area contributed by atoms with Gasteiger partial charge in [0.15, 0.2) is 0 Å². The Bertz CT molecular complexity index is 1280. The van der Waals surface area contributed by atoms with E-state index in [2.05, 4.69) is 4.98 Å². The van der Waals surface area contributed by atoms with Crippen molar-refractivity contribution in [3.05, 3.63) is 78.8 Å². The van der Waals surface area contributed by atoms with Crippen LogP contribution in [0, 0.1) is 0 Å². The molecule has 1 unspecified atom stereocenters. The maximum absolute atomic E-state index is 13.8. The van der Waals surface area contributed by atoms with Gasteiger partial charge in [0.25, 0.3) is 0 Å². The monoisotopic (exact) mass is 462 g/mol. The smallest absolute Gasteiger partial charge is 0.323 e. The van der Waals surface area contributed by atoms with Crippen LogP contribution >= 0.6 is 19.2 Å². The van der Waals surface area contributed by atoms with Crippen LogP contribution in [0.3, 0.4) is 0 Å². The van der Waals surface area contributed by atoms with Gasteiger partial charge in [-0.3, -0.25) is 18.7 Å². The summed E-state index contributed by atoms with van der Waals surface area (Å²) < 4.78 is 53.2. The molecular weight excluding hydrogens is 448 g/mol. The standard InChI is InChI=1S/C18H15ClF3N2O5P/c1-9(10-2-4-11(19)5-3-10)12-6-15-14(7-13(12)18(20,21)22)23-16(25)17(26)24(15)8-30(27,28)29/h2-7,9H,8H2,1H3,(H,23,25)(H2,27,28,29). The molecule has 0 saturated heterocycles. The van der Waals surface area contributed by atoms with Crippen molar-refractivity contribution in [3.8, 4) is 0 Å². The second kappa shape index (κ2) is 7.70. The Morgan fingerprint density at radius 3 is 2.30 bits per heavy atom. The van der Waals surface area contributed by atoms with Crippen molar-refractivity contribution in [1.29, 1.82) is 0 Å². The predicted molar refractivity (Wildman–Crippen MR) is 105 cm³/mol. The molecule has 1 atom stereocenters. The van der Waals surface area contributed by atoms with Crippen LogP contribution in [0.25, 0.3) is 11.0 Å². The van der Waals surface area contributed by atoms with Gasteiger partial charge in [0.2, 0.25) is 0 Å². The number of benzene rings is 2. The minimum Gasteiger partial charge on any atom is -0.323 e. The van der Waals surface area contributed by atoms with Crippen LogP contribution in [0.1, 0.15) is 29.5 Å². The Kier molecular flexibility index (Phi) is 5.72. The number of rotatable bonds is 4. The van der Waals surface area contributed by atoms with Gasteiger partial charge in [-0.2, -0.15) is 13.2 Å². The number of nitrogens with zero attached hydrogens (tertiary/aromatic N) is 1. The lowest BCUT2D eigenvalue weighted by molar-refractivity contribution is -0.138. The fraction of sp³-hybridized carbons (Fsp3) is 0.222. The first kappa shape index (κ1) is 22.3. The molecule has 7 nitrogen and oxygen atoms in total. The lowest BCUT2D eigenvalue weighted by atomic mass is 9.89. The van der Waals surface area contributed by atoms with Crippen LogP contribution in [0.4, 0.5) is 13.2 Å². The lowest BCUT2D eigenvalue weighted by Gasteiger charge is -2.21. The molecule has 12 heteroatoms. The molecule has 30 heavy (non-hydrogen) atoms. The molecule has 3 N–H and O–H groups in total. The Balaban J connectivity index is 2.37. The Hall–Kier alpha value is -2.39. The van der Waals surface area contributed by atoms with Gasteiger partial charge in [-0.1, -0.05) is 30.7 Å². The van der Waals surface area contributed by atoms with Gasteiger partial charge in [-0.25, -0.2) is 0 Å². The highest BCUT2D eigenvalue weighted by atomic mass is 35.5. The molecule has 0 aliphatic heterocycles. The lowest BCUT2D eigenvalue weighted by Crippen LogP contribution is -2.36. The van der Waals surface area contributed by atoms with E-state index in [4.69, 9.17) is 11.6 Å². The van der Waals surface area contributed by atoms with Crippen molar-refractivity contribution in [3.63, 3.8) is 0 Å². The zero-order valence-corrected chi connectivity index (χ0v) is 16.9. The average molecular weight is 463 g/mol. The minimum absolute atomic E-state index is 0.230. The summed E-state index contributed by atoms with van der Waals surface area (Å²) >= 11 is 5.83. The largest absolute Gasteiger partial charge is 0.416 e. The van der Waals surface area contributed by atoms with E-state index in [-0.39, 0.29) is 16.6 Å². The Morgan fingerprint density at radius 2 is 1.77 bits per heavy atom. The zero-order chi connectivity index (χ0) is 22.4. The third-order valence-corrected chi connectivity index (χ3v) is 5.52. The second-order valence-corrected chi connectivity index (χ2v) is 8.77. The summed E-state index contributed by atoms with van der Waals surface area (Å²) in [6.07, 6.45) is -5.93. The molecule has 3 aromatic rings. The number of alkyl halides is 3. The predicted octanol–water partition coefficient (Wildman–Crippen LogP) is 3.65. The van der Waals surface area contributed by atoms with Crippen LogP contribution in [-0.4, -0.2) is 19.3 Å². The first-order chi connectivity index (χ1) is 13.8. The highest BCUT2D eigenvalue weighted by Gasteiger charge is 2.36. The van der Waals surface area contributed by atoms with Gasteiger partial charge in [0, 0.05) is 10.9 Å². The van der Waals surface area contributed by atoms with Crippen molar-refractivity contribution < 1.29 is 27.5 Å². The molecule has 0 spiro atoms. The molecule has 0 bridgehead atoms. The Labute approximate surface area is 171 Å². The summed E-state index contributed by atoms with van der Waals surface area (Å²) in [5.74, 6) is -0.811. The molecule has 0 aliphatic carbocycles. The van der Waals surface area contributed by atoms with E-state index in [1.54, 1.807) is 12.1 Å². The van der Waals surface area contributed by atoms with E-state index in [0.717, 1.165) is 6.07 Å². The second-order valence-electron chi connectivity index (χ2n) is 6.72. The summed E-state index contributed by atoms with van der Waals surface area (Å²) in [7, 11) is -4.81. The number of aromatic nitrogens is 2.